The van der Waals surface area contributed by atoms with Crippen LogP contribution in [-0.4, -0.2) is 40.0 Å². The van der Waals surface area contributed by atoms with Crippen molar-refractivity contribution >= 4 is 29.5 Å². The third-order valence-corrected chi connectivity index (χ3v) is 5.76. The van der Waals surface area contributed by atoms with Crippen molar-refractivity contribution in [3.8, 4) is 0 Å². The van der Waals surface area contributed by atoms with Crippen LogP contribution in [0.5, 0.6) is 0 Å². The van der Waals surface area contributed by atoms with Crippen molar-refractivity contribution in [3.63, 3.8) is 0 Å². The minimum absolute atomic E-state index is 0.268. The summed E-state index contributed by atoms with van der Waals surface area (Å²) in [7, 11) is 0. The van der Waals surface area contributed by atoms with Gasteiger partial charge in [-0.15, -0.1) is 11.8 Å². The van der Waals surface area contributed by atoms with Crippen LogP contribution in [-0.2, 0) is 9.53 Å². The van der Waals surface area contributed by atoms with Gasteiger partial charge in [-0.3, -0.25) is 4.79 Å². The summed E-state index contributed by atoms with van der Waals surface area (Å²) in [5.41, 5.74) is 0. The molecule has 0 N–H and O–H groups in total. The number of ether oxygens (including phenoxy) is 1. The summed E-state index contributed by atoms with van der Waals surface area (Å²) in [5, 5.41) is 4.33. The molecule has 0 amide bonds. The lowest BCUT2D eigenvalue weighted by molar-refractivity contribution is -0.145. The van der Waals surface area contributed by atoms with Crippen molar-refractivity contribution in [2.45, 2.75) is 37.9 Å². The van der Waals surface area contributed by atoms with Gasteiger partial charge in [-0.1, -0.05) is 18.5 Å². The van der Waals surface area contributed by atoms with Crippen LogP contribution in [0.1, 0.15) is 49.6 Å². The normalized spacial score (nSPS) is 20.6. The molecule has 1 aromatic rings. The second kappa shape index (κ2) is 7.93. The average molecular weight is 316 g/mol. The molecule has 2 heterocycles. The first-order valence-electron chi connectivity index (χ1n) is 6.95. The Bertz CT molecular complexity index is 433. The Morgan fingerprint density at radius 3 is 3.00 bits per heavy atom. The Kier molecular flexibility index (Phi) is 6.22. The number of esters is 1. The van der Waals surface area contributed by atoms with E-state index in [1.807, 2.05) is 30.4 Å². The molecule has 0 bridgehead atoms. The van der Waals surface area contributed by atoms with Crippen LogP contribution in [0.15, 0.2) is 4.52 Å². The van der Waals surface area contributed by atoms with Crippen LogP contribution in [0.4, 0.5) is 0 Å². The number of rotatable bonds is 6. The molecule has 1 aliphatic heterocycles. The molecule has 2 unspecified atom stereocenters. The van der Waals surface area contributed by atoms with E-state index in [0.29, 0.717) is 24.7 Å². The molecule has 0 aromatic carbocycles. The highest BCUT2D eigenvalue weighted by molar-refractivity contribution is 8.06. The summed E-state index contributed by atoms with van der Waals surface area (Å²) in [5.74, 6) is 3.70. The predicted octanol–water partition coefficient (Wildman–Crippen LogP) is 3.04. The molecular formula is C13H20N2O3S2. The fraction of sp³-hybridized carbons (Fsp3) is 0.769. The minimum atomic E-state index is -0.428. The SMILES string of the molecule is CCCC(C(=O)OCC)c1nc(C2CSCCS2)no1. The number of aromatic nitrogens is 2. The van der Waals surface area contributed by atoms with Gasteiger partial charge in [0.1, 0.15) is 5.92 Å². The largest absolute Gasteiger partial charge is 0.465 e. The molecule has 0 saturated carbocycles. The Labute approximate surface area is 127 Å². The Hall–Kier alpha value is -0.690. The van der Waals surface area contributed by atoms with E-state index in [1.165, 1.54) is 5.75 Å². The Morgan fingerprint density at radius 1 is 1.50 bits per heavy atom. The van der Waals surface area contributed by atoms with E-state index in [4.69, 9.17) is 9.26 Å². The molecule has 20 heavy (non-hydrogen) atoms. The van der Waals surface area contributed by atoms with Crippen LogP contribution in [0.25, 0.3) is 0 Å². The zero-order valence-electron chi connectivity index (χ0n) is 11.8. The van der Waals surface area contributed by atoms with E-state index in [1.54, 1.807) is 6.92 Å². The first-order chi connectivity index (χ1) is 9.76. The van der Waals surface area contributed by atoms with Gasteiger partial charge in [0.05, 0.1) is 11.9 Å². The van der Waals surface area contributed by atoms with Crippen LogP contribution in [0.3, 0.4) is 0 Å². The molecule has 5 nitrogen and oxygen atoms in total. The Morgan fingerprint density at radius 2 is 2.35 bits per heavy atom. The van der Waals surface area contributed by atoms with Gasteiger partial charge >= 0.3 is 5.97 Å². The van der Waals surface area contributed by atoms with Crippen molar-refractivity contribution < 1.29 is 14.1 Å². The maximum Gasteiger partial charge on any atom is 0.318 e. The van der Waals surface area contributed by atoms with Crippen molar-refractivity contribution in [1.29, 1.82) is 0 Å². The van der Waals surface area contributed by atoms with Crippen LogP contribution >= 0.6 is 23.5 Å². The van der Waals surface area contributed by atoms with E-state index < -0.39 is 5.92 Å². The highest BCUT2D eigenvalue weighted by Crippen LogP contribution is 2.36. The van der Waals surface area contributed by atoms with Crippen molar-refractivity contribution in [3.05, 3.63) is 11.7 Å². The van der Waals surface area contributed by atoms with Gasteiger partial charge in [0.15, 0.2) is 5.82 Å². The fourth-order valence-electron chi connectivity index (χ4n) is 2.03. The van der Waals surface area contributed by atoms with Crippen LogP contribution < -0.4 is 0 Å². The third-order valence-electron chi connectivity index (χ3n) is 3.01. The molecule has 1 aliphatic rings. The number of hydrogen-bond donors (Lipinski definition) is 0. The first kappa shape index (κ1) is 15.7. The Balaban J connectivity index is 2.09. The van der Waals surface area contributed by atoms with E-state index in [0.717, 1.165) is 17.9 Å². The van der Waals surface area contributed by atoms with Gasteiger partial charge < -0.3 is 9.26 Å². The molecule has 2 rings (SSSR count). The first-order valence-corrected chi connectivity index (χ1v) is 9.16. The van der Waals surface area contributed by atoms with E-state index in [-0.39, 0.29) is 11.2 Å². The van der Waals surface area contributed by atoms with Gasteiger partial charge in [0.2, 0.25) is 5.89 Å². The summed E-state index contributed by atoms with van der Waals surface area (Å²) in [6.45, 7) is 4.20. The average Bonchev–Trinajstić information content (AvgIpc) is 2.95. The van der Waals surface area contributed by atoms with Crippen LogP contribution in [0.2, 0.25) is 0 Å². The van der Waals surface area contributed by atoms with Gasteiger partial charge in [-0.25, -0.2) is 0 Å². The number of nitrogens with zero attached hydrogens (tertiary/aromatic N) is 2. The lowest BCUT2D eigenvalue weighted by Gasteiger charge is -2.17. The second-order valence-corrected chi connectivity index (χ2v) is 6.98. The number of thioether (sulfide) groups is 2. The van der Waals surface area contributed by atoms with Gasteiger partial charge in [0, 0.05) is 17.3 Å². The maximum absolute atomic E-state index is 12.0. The summed E-state index contributed by atoms with van der Waals surface area (Å²) < 4.78 is 10.4. The van der Waals surface area contributed by atoms with Crippen LogP contribution in [0, 0.1) is 0 Å². The number of hydrogen-bond acceptors (Lipinski definition) is 7. The highest BCUT2D eigenvalue weighted by atomic mass is 32.2. The summed E-state index contributed by atoms with van der Waals surface area (Å²) >= 11 is 3.76. The molecule has 0 aliphatic carbocycles. The van der Waals surface area contributed by atoms with Crippen molar-refractivity contribution in [2.24, 2.45) is 0 Å². The van der Waals surface area contributed by atoms with Gasteiger partial charge in [-0.05, 0) is 13.3 Å². The maximum atomic E-state index is 12.0. The fourth-order valence-corrected chi connectivity index (χ4v) is 4.62. The standard InChI is InChI=1S/C13H20N2O3S2/c1-3-5-9(13(16)17-4-2)12-14-11(15-18-12)10-8-19-6-7-20-10/h9-10H,3-8H2,1-2H3. The van der Waals surface area contributed by atoms with Crippen molar-refractivity contribution in [2.75, 3.05) is 23.9 Å². The molecule has 1 aromatic heterocycles. The van der Waals surface area contributed by atoms with E-state index in [9.17, 15) is 4.79 Å². The molecule has 0 radical (unpaired) electrons. The number of carbonyl (C=O) groups excluding carboxylic acids is 1. The smallest absolute Gasteiger partial charge is 0.318 e. The zero-order chi connectivity index (χ0) is 14.4. The van der Waals surface area contributed by atoms with Crippen molar-refractivity contribution in [1.82, 2.24) is 10.1 Å². The molecule has 7 heteroatoms. The zero-order valence-corrected chi connectivity index (χ0v) is 13.5. The molecule has 1 fully saturated rings. The molecular weight excluding hydrogens is 296 g/mol. The molecule has 1 saturated heterocycles. The van der Waals surface area contributed by atoms with Gasteiger partial charge in [0.25, 0.3) is 0 Å². The third kappa shape index (κ3) is 3.91. The quantitative estimate of drug-likeness (QED) is 0.747. The summed E-state index contributed by atoms with van der Waals surface area (Å²) in [4.78, 5) is 16.4. The molecule has 0 spiro atoms. The predicted molar refractivity (Wildman–Crippen MR) is 81.1 cm³/mol. The summed E-state index contributed by atoms with van der Waals surface area (Å²) in [6.07, 6.45) is 1.54. The van der Waals surface area contributed by atoms with Gasteiger partial charge in [-0.2, -0.15) is 16.7 Å². The lowest BCUT2D eigenvalue weighted by Crippen LogP contribution is -2.16. The highest BCUT2D eigenvalue weighted by Gasteiger charge is 2.29. The lowest BCUT2D eigenvalue weighted by atomic mass is 10.0. The summed E-state index contributed by atoms with van der Waals surface area (Å²) in [6, 6.07) is 0. The molecule has 112 valence electrons. The monoisotopic (exact) mass is 316 g/mol. The second-order valence-electron chi connectivity index (χ2n) is 4.52. The molecule has 2 atom stereocenters. The van der Waals surface area contributed by atoms with E-state index >= 15 is 0 Å². The topological polar surface area (TPSA) is 65.2 Å². The minimum Gasteiger partial charge on any atom is -0.465 e. The number of carbonyl (C=O) groups is 1. The van der Waals surface area contributed by atoms with E-state index in [2.05, 4.69) is 10.1 Å².